The molecule has 0 unspecified atom stereocenters. The van der Waals surface area contributed by atoms with Crippen molar-refractivity contribution in [2.24, 2.45) is 0 Å². The van der Waals surface area contributed by atoms with Gasteiger partial charge in [0.25, 0.3) is 0 Å². The first kappa shape index (κ1) is 9.18. The Labute approximate surface area is 74.0 Å². The van der Waals surface area contributed by atoms with Crippen molar-refractivity contribution in [2.45, 2.75) is 0 Å². The van der Waals surface area contributed by atoms with Gasteiger partial charge >= 0.3 is 11.9 Å². The minimum absolute atomic E-state index is 0.240. The molecule has 5 nitrogen and oxygen atoms in total. The SMILES string of the molecule is O=C(O)COC(=O)c1cccnc1. The monoisotopic (exact) mass is 181 g/mol. The molecule has 0 saturated heterocycles. The smallest absolute Gasteiger partial charge is 0.341 e. The van der Waals surface area contributed by atoms with Gasteiger partial charge in [-0.2, -0.15) is 0 Å². The molecule has 0 bridgehead atoms. The summed E-state index contributed by atoms with van der Waals surface area (Å²) in [5.41, 5.74) is 0.240. The van der Waals surface area contributed by atoms with Crippen LogP contribution < -0.4 is 0 Å². The average molecular weight is 181 g/mol. The van der Waals surface area contributed by atoms with Gasteiger partial charge in [-0.25, -0.2) is 9.59 Å². The predicted molar refractivity (Wildman–Crippen MR) is 42.2 cm³/mol. The van der Waals surface area contributed by atoms with Gasteiger partial charge in [-0.3, -0.25) is 4.98 Å². The van der Waals surface area contributed by atoms with Gasteiger partial charge in [0.05, 0.1) is 5.56 Å². The highest BCUT2D eigenvalue weighted by molar-refractivity contribution is 5.90. The Morgan fingerprint density at radius 2 is 2.31 bits per heavy atom. The second kappa shape index (κ2) is 4.20. The standard InChI is InChI=1S/C8H7NO4/c10-7(11)5-13-8(12)6-2-1-3-9-4-6/h1-4H,5H2,(H,10,11). The number of pyridine rings is 1. The first-order valence-electron chi connectivity index (χ1n) is 3.49. The topological polar surface area (TPSA) is 76.5 Å². The van der Waals surface area contributed by atoms with E-state index >= 15 is 0 Å². The normalized spacial score (nSPS) is 9.23. The number of hydrogen-bond donors (Lipinski definition) is 1. The number of carbonyl (C=O) groups is 2. The van der Waals surface area contributed by atoms with E-state index in [1.54, 1.807) is 6.07 Å². The van der Waals surface area contributed by atoms with E-state index in [0.717, 1.165) is 0 Å². The highest BCUT2D eigenvalue weighted by Crippen LogP contribution is 1.97. The van der Waals surface area contributed by atoms with Crippen LogP contribution in [0.25, 0.3) is 0 Å². The van der Waals surface area contributed by atoms with Crippen LogP contribution >= 0.6 is 0 Å². The Balaban J connectivity index is 2.54. The number of carbonyl (C=O) groups excluding carboxylic acids is 1. The molecule has 0 fully saturated rings. The van der Waals surface area contributed by atoms with Crippen molar-refractivity contribution in [3.8, 4) is 0 Å². The molecule has 0 amide bonds. The maximum Gasteiger partial charge on any atom is 0.341 e. The summed E-state index contributed by atoms with van der Waals surface area (Å²) in [5.74, 6) is -1.87. The van der Waals surface area contributed by atoms with Gasteiger partial charge in [-0.15, -0.1) is 0 Å². The number of aliphatic carboxylic acids is 1. The van der Waals surface area contributed by atoms with Gasteiger partial charge in [0.2, 0.25) is 0 Å². The van der Waals surface area contributed by atoms with Crippen LogP contribution in [0.3, 0.4) is 0 Å². The fourth-order valence-corrected chi connectivity index (χ4v) is 0.694. The number of ether oxygens (including phenoxy) is 1. The molecule has 0 radical (unpaired) electrons. The summed E-state index contributed by atoms with van der Waals surface area (Å²) >= 11 is 0. The van der Waals surface area contributed by atoms with E-state index in [0.29, 0.717) is 0 Å². The second-order valence-corrected chi connectivity index (χ2v) is 2.21. The number of carboxylic acids is 1. The fraction of sp³-hybridized carbons (Fsp3) is 0.125. The van der Waals surface area contributed by atoms with Crippen molar-refractivity contribution in [1.82, 2.24) is 4.98 Å². The number of aromatic nitrogens is 1. The second-order valence-electron chi connectivity index (χ2n) is 2.21. The van der Waals surface area contributed by atoms with Crippen molar-refractivity contribution < 1.29 is 19.4 Å². The molecular weight excluding hydrogens is 174 g/mol. The van der Waals surface area contributed by atoms with Crippen molar-refractivity contribution in [3.63, 3.8) is 0 Å². The van der Waals surface area contributed by atoms with Crippen LogP contribution in [0, 0.1) is 0 Å². The molecule has 0 aromatic carbocycles. The molecule has 1 N–H and O–H groups in total. The third kappa shape index (κ3) is 2.90. The molecule has 1 aromatic rings. The van der Waals surface area contributed by atoms with E-state index in [1.807, 2.05) is 0 Å². The molecule has 1 aromatic heterocycles. The van der Waals surface area contributed by atoms with Gasteiger partial charge in [0, 0.05) is 12.4 Å². The van der Waals surface area contributed by atoms with Gasteiger partial charge in [0.15, 0.2) is 6.61 Å². The Bertz CT molecular complexity index is 309. The molecule has 1 rings (SSSR count). The minimum atomic E-state index is -1.18. The van der Waals surface area contributed by atoms with E-state index in [-0.39, 0.29) is 5.56 Å². The molecule has 0 aliphatic heterocycles. The van der Waals surface area contributed by atoms with Crippen LogP contribution in [0.2, 0.25) is 0 Å². The Kier molecular flexibility index (Phi) is 2.97. The van der Waals surface area contributed by atoms with Crippen molar-refractivity contribution in [2.75, 3.05) is 6.61 Å². The molecule has 0 spiro atoms. The molecule has 5 heteroatoms. The number of rotatable bonds is 3. The van der Waals surface area contributed by atoms with Gasteiger partial charge in [0.1, 0.15) is 0 Å². The van der Waals surface area contributed by atoms with Crippen LogP contribution in [0.15, 0.2) is 24.5 Å². The minimum Gasteiger partial charge on any atom is -0.479 e. The first-order chi connectivity index (χ1) is 6.20. The summed E-state index contributed by atoms with van der Waals surface area (Å²) in [6, 6.07) is 3.06. The average Bonchev–Trinajstić information content (AvgIpc) is 2.15. The zero-order chi connectivity index (χ0) is 9.68. The summed E-state index contributed by atoms with van der Waals surface area (Å²) in [7, 11) is 0. The third-order valence-electron chi connectivity index (χ3n) is 1.22. The number of esters is 1. The van der Waals surface area contributed by atoms with Gasteiger partial charge in [-0.05, 0) is 12.1 Å². The maximum atomic E-state index is 11.0. The van der Waals surface area contributed by atoms with Gasteiger partial charge < -0.3 is 9.84 Å². The highest BCUT2D eigenvalue weighted by atomic mass is 16.5. The van der Waals surface area contributed by atoms with Crippen molar-refractivity contribution in [3.05, 3.63) is 30.1 Å². The van der Waals surface area contributed by atoms with Crippen LogP contribution in [0.1, 0.15) is 10.4 Å². The molecule has 0 aliphatic carbocycles. The number of nitrogens with zero attached hydrogens (tertiary/aromatic N) is 1. The maximum absolute atomic E-state index is 11.0. The fourth-order valence-electron chi connectivity index (χ4n) is 0.694. The Morgan fingerprint density at radius 3 is 2.85 bits per heavy atom. The zero-order valence-electron chi connectivity index (χ0n) is 6.64. The molecule has 68 valence electrons. The molecular formula is C8H7NO4. The first-order valence-corrected chi connectivity index (χ1v) is 3.49. The lowest BCUT2D eigenvalue weighted by molar-refractivity contribution is -0.140. The summed E-state index contributed by atoms with van der Waals surface area (Å²) in [6.45, 7) is -0.631. The van der Waals surface area contributed by atoms with E-state index in [1.165, 1.54) is 18.5 Å². The quantitative estimate of drug-likeness (QED) is 0.679. The van der Waals surface area contributed by atoms with Crippen LogP contribution in [0.4, 0.5) is 0 Å². The summed E-state index contributed by atoms with van der Waals surface area (Å²) in [4.78, 5) is 24.8. The number of hydrogen-bond acceptors (Lipinski definition) is 4. The van der Waals surface area contributed by atoms with Crippen LogP contribution in [-0.4, -0.2) is 28.6 Å². The van der Waals surface area contributed by atoms with E-state index < -0.39 is 18.5 Å². The van der Waals surface area contributed by atoms with Gasteiger partial charge in [-0.1, -0.05) is 0 Å². The van der Waals surface area contributed by atoms with Crippen LogP contribution in [-0.2, 0) is 9.53 Å². The predicted octanol–water partition coefficient (Wildman–Crippen LogP) is 0.323. The lowest BCUT2D eigenvalue weighted by Gasteiger charge is -1.99. The molecule has 13 heavy (non-hydrogen) atoms. The lowest BCUT2D eigenvalue weighted by atomic mass is 10.3. The molecule has 1 heterocycles. The Hall–Kier alpha value is -1.91. The van der Waals surface area contributed by atoms with E-state index in [2.05, 4.69) is 9.72 Å². The van der Waals surface area contributed by atoms with Crippen molar-refractivity contribution >= 4 is 11.9 Å². The summed E-state index contributed by atoms with van der Waals surface area (Å²) in [6.07, 6.45) is 2.82. The Morgan fingerprint density at radius 1 is 1.54 bits per heavy atom. The van der Waals surface area contributed by atoms with Crippen molar-refractivity contribution in [1.29, 1.82) is 0 Å². The lowest BCUT2D eigenvalue weighted by Crippen LogP contribution is -2.13. The zero-order valence-corrected chi connectivity index (χ0v) is 6.64. The number of carboxylic acid groups (broad SMARTS) is 1. The summed E-state index contributed by atoms with van der Waals surface area (Å²) < 4.78 is 4.41. The van der Waals surface area contributed by atoms with E-state index in [4.69, 9.17) is 5.11 Å². The molecule has 0 aliphatic rings. The van der Waals surface area contributed by atoms with E-state index in [9.17, 15) is 9.59 Å². The molecule has 0 saturated carbocycles. The highest BCUT2D eigenvalue weighted by Gasteiger charge is 2.08. The largest absolute Gasteiger partial charge is 0.479 e. The molecule has 0 atom stereocenters. The summed E-state index contributed by atoms with van der Waals surface area (Å²) in [5, 5.41) is 8.22. The third-order valence-corrected chi connectivity index (χ3v) is 1.22. The van der Waals surface area contributed by atoms with Crippen LogP contribution in [0.5, 0.6) is 0 Å².